The summed E-state index contributed by atoms with van der Waals surface area (Å²) >= 11 is 0. The average molecular weight is 552 g/mol. The highest BCUT2D eigenvalue weighted by atomic mass is 16.5. The van der Waals surface area contributed by atoms with Gasteiger partial charge in [0, 0.05) is 74.6 Å². The van der Waals surface area contributed by atoms with Gasteiger partial charge >= 0.3 is 5.97 Å². The molecule has 1 saturated carbocycles. The highest BCUT2D eigenvalue weighted by Crippen LogP contribution is 2.35. The molecule has 1 amide bonds. The van der Waals surface area contributed by atoms with Crippen molar-refractivity contribution in [3.8, 4) is 11.5 Å². The number of fused-ring (bicyclic) bond motifs is 2. The van der Waals surface area contributed by atoms with Crippen molar-refractivity contribution in [1.82, 2.24) is 19.8 Å². The largest absolute Gasteiger partial charge is 0.478 e. The number of carbonyl (C=O) groups is 2. The molecule has 0 unspecified atom stereocenters. The maximum Gasteiger partial charge on any atom is 0.339 e. The highest BCUT2D eigenvalue weighted by molar-refractivity contribution is 5.92. The summed E-state index contributed by atoms with van der Waals surface area (Å²) in [6, 6.07) is 17.7. The topological polar surface area (TPSA) is 102 Å². The minimum Gasteiger partial charge on any atom is -0.478 e. The average Bonchev–Trinajstić information content (AvgIpc) is 3.74. The molecule has 3 aliphatic rings. The van der Waals surface area contributed by atoms with Crippen molar-refractivity contribution in [2.45, 2.75) is 31.8 Å². The Balaban J connectivity index is 1.04. The van der Waals surface area contributed by atoms with Crippen LogP contribution in [0.2, 0.25) is 0 Å². The van der Waals surface area contributed by atoms with Gasteiger partial charge in [0.25, 0.3) is 0 Å². The molecule has 7 rings (SSSR count). The first-order chi connectivity index (χ1) is 20.0. The molecule has 2 aromatic heterocycles. The Morgan fingerprint density at radius 3 is 2.59 bits per heavy atom. The number of piperazine rings is 1. The van der Waals surface area contributed by atoms with Gasteiger partial charge in [-0.15, -0.1) is 0 Å². The van der Waals surface area contributed by atoms with Crippen LogP contribution in [-0.2, 0) is 17.8 Å². The Hall–Kier alpha value is -4.37. The van der Waals surface area contributed by atoms with Gasteiger partial charge in [-0.1, -0.05) is 24.3 Å². The normalized spacial score (nSPS) is 19.3. The van der Waals surface area contributed by atoms with Crippen LogP contribution in [0.25, 0.3) is 11.0 Å². The van der Waals surface area contributed by atoms with Crippen molar-refractivity contribution in [3.05, 3.63) is 83.7 Å². The first-order valence-electron chi connectivity index (χ1n) is 14.3. The molecule has 2 aliphatic heterocycles. The summed E-state index contributed by atoms with van der Waals surface area (Å²) in [4.78, 5) is 39.4. The molecular weight excluding hydrogens is 518 g/mol. The number of carboxylic acid groups (broad SMARTS) is 1. The van der Waals surface area contributed by atoms with E-state index < -0.39 is 5.97 Å². The van der Waals surface area contributed by atoms with E-state index in [0.717, 1.165) is 68.7 Å². The van der Waals surface area contributed by atoms with Crippen LogP contribution in [-0.4, -0.2) is 75.5 Å². The summed E-state index contributed by atoms with van der Waals surface area (Å²) in [6.45, 7) is 4.93. The fourth-order valence-corrected chi connectivity index (χ4v) is 6.13. The Kier molecular flexibility index (Phi) is 6.59. The van der Waals surface area contributed by atoms with Gasteiger partial charge in [-0.3, -0.25) is 9.69 Å². The van der Waals surface area contributed by atoms with Crippen LogP contribution in [0.4, 0.5) is 5.69 Å². The van der Waals surface area contributed by atoms with E-state index in [0.29, 0.717) is 24.0 Å². The van der Waals surface area contributed by atoms with E-state index in [1.807, 2.05) is 24.3 Å². The smallest absolute Gasteiger partial charge is 0.339 e. The molecule has 2 fully saturated rings. The molecule has 210 valence electrons. The number of aromatic amines is 1. The van der Waals surface area contributed by atoms with Crippen LogP contribution in [0.5, 0.6) is 11.5 Å². The van der Waals surface area contributed by atoms with E-state index in [2.05, 4.69) is 48.9 Å². The number of amides is 1. The van der Waals surface area contributed by atoms with Crippen molar-refractivity contribution >= 4 is 28.6 Å². The molecule has 9 heteroatoms. The van der Waals surface area contributed by atoms with Gasteiger partial charge in [0.1, 0.15) is 22.7 Å². The third-order valence-electron chi connectivity index (χ3n) is 8.57. The zero-order valence-corrected chi connectivity index (χ0v) is 22.8. The predicted octanol–water partition coefficient (Wildman–Crippen LogP) is 4.54. The van der Waals surface area contributed by atoms with Gasteiger partial charge in [0.05, 0.1) is 6.20 Å². The number of benzene rings is 2. The van der Waals surface area contributed by atoms with Crippen LogP contribution in [0.1, 0.15) is 34.3 Å². The fourth-order valence-electron chi connectivity index (χ4n) is 6.13. The first kappa shape index (κ1) is 25.6. The number of pyridine rings is 1. The Bertz CT molecular complexity index is 1600. The first-order valence-corrected chi connectivity index (χ1v) is 14.3. The lowest BCUT2D eigenvalue weighted by atomic mass is 9.93. The number of rotatable bonds is 7. The lowest BCUT2D eigenvalue weighted by Crippen LogP contribution is -2.54. The van der Waals surface area contributed by atoms with E-state index in [1.54, 1.807) is 18.5 Å². The number of anilines is 1. The molecular formula is C32H33N5O4. The lowest BCUT2D eigenvalue weighted by Gasteiger charge is -2.42. The number of hydrogen-bond acceptors (Lipinski definition) is 6. The Labute approximate surface area is 238 Å². The van der Waals surface area contributed by atoms with Gasteiger partial charge < -0.3 is 24.6 Å². The number of carboxylic acids is 1. The van der Waals surface area contributed by atoms with Crippen LogP contribution >= 0.6 is 0 Å². The monoisotopic (exact) mass is 551 g/mol. The van der Waals surface area contributed by atoms with Crippen molar-refractivity contribution < 1.29 is 19.4 Å². The zero-order chi connectivity index (χ0) is 27.9. The number of ether oxygens (including phenoxy) is 1. The van der Waals surface area contributed by atoms with Crippen LogP contribution in [0.3, 0.4) is 0 Å². The molecule has 2 N–H and O–H groups in total. The number of nitrogens with zero attached hydrogens (tertiary/aromatic N) is 4. The molecule has 1 saturated heterocycles. The van der Waals surface area contributed by atoms with Crippen LogP contribution in [0.15, 0.2) is 67.0 Å². The molecule has 0 spiro atoms. The van der Waals surface area contributed by atoms with Gasteiger partial charge in [-0.05, 0) is 54.7 Å². The van der Waals surface area contributed by atoms with Gasteiger partial charge in [-0.25, -0.2) is 9.78 Å². The summed E-state index contributed by atoms with van der Waals surface area (Å²) in [5.74, 6) is 0.280. The third-order valence-corrected chi connectivity index (χ3v) is 8.57. The quantitative estimate of drug-likeness (QED) is 0.348. The van der Waals surface area contributed by atoms with E-state index in [9.17, 15) is 14.7 Å². The third kappa shape index (κ3) is 5.25. The number of H-pyrrole nitrogens is 1. The van der Waals surface area contributed by atoms with Crippen molar-refractivity contribution in [2.75, 3.05) is 37.6 Å². The summed E-state index contributed by atoms with van der Waals surface area (Å²) in [5, 5.41) is 10.7. The second-order valence-corrected chi connectivity index (χ2v) is 11.3. The number of hydrogen-bond donors (Lipinski definition) is 2. The molecule has 1 atom stereocenters. The fraction of sp³-hybridized carbons (Fsp3) is 0.344. The minimum atomic E-state index is -1.04. The molecule has 41 heavy (non-hydrogen) atoms. The van der Waals surface area contributed by atoms with Crippen molar-refractivity contribution in [2.24, 2.45) is 5.92 Å². The summed E-state index contributed by atoms with van der Waals surface area (Å²) in [5.41, 5.74) is 4.42. The molecule has 2 aromatic carbocycles. The Morgan fingerprint density at radius 2 is 1.80 bits per heavy atom. The second-order valence-electron chi connectivity index (χ2n) is 11.3. The maximum absolute atomic E-state index is 13.2. The highest BCUT2D eigenvalue weighted by Gasteiger charge is 2.39. The maximum atomic E-state index is 13.2. The lowest BCUT2D eigenvalue weighted by molar-refractivity contribution is -0.136. The molecule has 0 radical (unpaired) electrons. The Morgan fingerprint density at radius 1 is 1.00 bits per heavy atom. The molecule has 9 nitrogen and oxygen atoms in total. The molecule has 4 heterocycles. The zero-order valence-electron chi connectivity index (χ0n) is 22.8. The summed E-state index contributed by atoms with van der Waals surface area (Å²) < 4.78 is 6.06. The minimum absolute atomic E-state index is 0.111. The van der Waals surface area contributed by atoms with E-state index in [4.69, 9.17) is 4.74 Å². The van der Waals surface area contributed by atoms with E-state index in [1.165, 1.54) is 11.1 Å². The van der Waals surface area contributed by atoms with Gasteiger partial charge in [-0.2, -0.15) is 0 Å². The number of carbonyl (C=O) groups excluding carboxylic acids is 1. The van der Waals surface area contributed by atoms with Crippen LogP contribution < -0.4 is 9.64 Å². The van der Waals surface area contributed by atoms with Gasteiger partial charge in [0.2, 0.25) is 5.91 Å². The number of aromatic nitrogens is 2. The van der Waals surface area contributed by atoms with E-state index >= 15 is 0 Å². The van der Waals surface area contributed by atoms with Gasteiger partial charge in [0.15, 0.2) is 0 Å². The van der Waals surface area contributed by atoms with Crippen LogP contribution in [0, 0.1) is 5.92 Å². The molecule has 4 aromatic rings. The summed E-state index contributed by atoms with van der Waals surface area (Å²) in [7, 11) is 0. The molecule has 0 bridgehead atoms. The summed E-state index contributed by atoms with van der Waals surface area (Å²) in [6.07, 6.45) is 6.34. The predicted molar refractivity (Wildman–Crippen MR) is 155 cm³/mol. The SMILES string of the molecule is O=C(O)c1ccc(N2CCN(C[C@@H]3Cc4ccccc4CN3C(=O)C3CC3)CC2)cc1Oc1cnc2[nH]ccc2c1. The second kappa shape index (κ2) is 10.6. The number of aromatic carboxylic acids is 1. The standard InChI is InChI=1S/C32H33N5O4/c38-31(21-5-6-21)37-19-24-4-2-1-3-22(24)15-26(37)20-35-11-13-36(14-12-35)25-7-8-28(32(39)40)29(17-25)41-27-16-23-9-10-33-30(23)34-18-27/h1-4,7-10,16-18,21,26H,5-6,11-15,19-20H2,(H,33,34)(H,39,40)/t26-/m0/s1. The number of nitrogens with one attached hydrogen (secondary N) is 1. The van der Waals surface area contributed by atoms with Crippen molar-refractivity contribution in [1.29, 1.82) is 0 Å². The van der Waals surface area contributed by atoms with Crippen molar-refractivity contribution in [3.63, 3.8) is 0 Å². The van der Waals surface area contributed by atoms with E-state index in [-0.39, 0.29) is 17.5 Å². The molecule has 1 aliphatic carbocycles.